The van der Waals surface area contributed by atoms with E-state index >= 15 is 0 Å². The second kappa shape index (κ2) is 7.70. The van der Waals surface area contributed by atoms with Crippen molar-refractivity contribution in [3.63, 3.8) is 0 Å². The Balaban J connectivity index is 3.41. The summed E-state index contributed by atoms with van der Waals surface area (Å²) in [6.07, 6.45) is 0.519. The van der Waals surface area contributed by atoms with Crippen molar-refractivity contribution in [1.29, 1.82) is 5.26 Å². The number of hydrogen-bond donors (Lipinski definition) is 2. The second-order valence-corrected chi connectivity index (χ2v) is 4.31. The van der Waals surface area contributed by atoms with E-state index in [1.165, 1.54) is 0 Å². The Morgan fingerprint density at radius 1 is 1.43 bits per heavy atom. The Morgan fingerprint density at radius 2 is 2.14 bits per heavy atom. The van der Waals surface area contributed by atoms with Gasteiger partial charge in [-0.15, -0.1) is 0 Å². The molecular weight excluding hydrogens is 208 g/mol. The minimum atomic E-state index is -3.44. The predicted octanol–water partition coefficient (Wildman–Crippen LogP) is -1.17. The van der Waals surface area contributed by atoms with Crippen molar-refractivity contribution < 1.29 is 18.3 Å². The number of nitriles is 1. The summed E-state index contributed by atoms with van der Waals surface area (Å²) in [5, 5.41) is 16.5. The standard InChI is InChI=1S/C7H14N2O4S/c8-2-7-14(11,12)9-3-1-5-13-6-4-10/h9-10H,1,3-7H2. The van der Waals surface area contributed by atoms with Crippen molar-refractivity contribution in [2.75, 3.05) is 32.1 Å². The molecule has 7 heteroatoms. The van der Waals surface area contributed by atoms with Crippen LogP contribution in [0.1, 0.15) is 6.42 Å². The minimum absolute atomic E-state index is 0.0415. The van der Waals surface area contributed by atoms with Crippen molar-refractivity contribution in [3.8, 4) is 6.07 Å². The first-order valence-electron chi connectivity index (χ1n) is 4.15. The van der Waals surface area contributed by atoms with Gasteiger partial charge in [-0.05, 0) is 6.42 Å². The van der Waals surface area contributed by atoms with Crippen LogP contribution >= 0.6 is 0 Å². The van der Waals surface area contributed by atoms with Gasteiger partial charge in [0.25, 0.3) is 0 Å². The molecule has 0 aliphatic heterocycles. The van der Waals surface area contributed by atoms with E-state index in [4.69, 9.17) is 15.1 Å². The summed E-state index contributed by atoms with van der Waals surface area (Å²) >= 11 is 0. The molecule has 0 atom stereocenters. The molecule has 0 aromatic rings. The molecule has 0 saturated heterocycles. The lowest BCUT2D eigenvalue weighted by molar-refractivity contribution is 0.0913. The van der Waals surface area contributed by atoms with E-state index in [1.54, 1.807) is 6.07 Å². The predicted molar refractivity (Wildman–Crippen MR) is 49.9 cm³/mol. The van der Waals surface area contributed by atoms with Crippen molar-refractivity contribution in [2.45, 2.75) is 6.42 Å². The van der Waals surface area contributed by atoms with E-state index in [0.717, 1.165) is 0 Å². The maximum absolute atomic E-state index is 10.9. The van der Waals surface area contributed by atoms with Gasteiger partial charge in [-0.1, -0.05) is 0 Å². The number of nitrogens with one attached hydrogen (secondary N) is 1. The molecule has 0 aromatic heterocycles. The van der Waals surface area contributed by atoms with Gasteiger partial charge in [0.1, 0.15) is 0 Å². The van der Waals surface area contributed by atoms with Gasteiger partial charge in [0, 0.05) is 13.2 Å². The van der Waals surface area contributed by atoms with Crippen LogP contribution in [0.3, 0.4) is 0 Å². The van der Waals surface area contributed by atoms with E-state index in [9.17, 15) is 8.42 Å². The van der Waals surface area contributed by atoms with Crippen LogP contribution in [0.5, 0.6) is 0 Å². The Kier molecular flexibility index (Phi) is 7.32. The van der Waals surface area contributed by atoms with E-state index in [2.05, 4.69) is 4.72 Å². The Hall–Kier alpha value is -0.680. The number of aliphatic hydroxyl groups is 1. The van der Waals surface area contributed by atoms with Gasteiger partial charge in [0.15, 0.2) is 5.75 Å². The van der Waals surface area contributed by atoms with Gasteiger partial charge in [-0.3, -0.25) is 0 Å². The van der Waals surface area contributed by atoms with E-state index in [-0.39, 0.29) is 19.8 Å². The van der Waals surface area contributed by atoms with Gasteiger partial charge in [0.05, 0.1) is 19.3 Å². The van der Waals surface area contributed by atoms with E-state index < -0.39 is 15.8 Å². The van der Waals surface area contributed by atoms with E-state index in [1.807, 2.05) is 0 Å². The minimum Gasteiger partial charge on any atom is -0.394 e. The number of ether oxygens (including phenoxy) is 1. The Bertz CT molecular complexity index is 270. The number of aliphatic hydroxyl groups excluding tert-OH is 1. The highest BCUT2D eigenvalue weighted by Crippen LogP contribution is 1.85. The molecule has 82 valence electrons. The van der Waals surface area contributed by atoms with Gasteiger partial charge >= 0.3 is 0 Å². The van der Waals surface area contributed by atoms with Crippen LogP contribution in [0.2, 0.25) is 0 Å². The summed E-state index contributed by atoms with van der Waals surface area (Å²) in [5.74, 6) is -0.523. The first kappa shape index (κ1) is 13.3. The van der Waals surface area contributed by atoms with Crippen molar-refractivity contribution in [3.05, 3.63) is 0 Å². The second-order valence-electron chi connectivity index (χ2n) is 2.50. The highest BCUT2D eigenvalue weighted by Gasteiger charge is 2.07. The molecule has 6 nitrogen and oxygen atoms in total. The van der Waals surface area contributed by atoms with Crippen LogP contribution in [0.15, 0.2) is 0 Å². The van der Waals surface area contributed by atoms with Gasteiger partial charge in [-0.2, -0.15) is 5.26 Å². The number of sulfonamides is 1. The van der Waals surface area contributed by atoms with Crippen molar-refractivity contribution in [1.82, 2.24) is 4.72 Å². The first-order valence-corrected chi connectivity index (χ1v) is 5.80. The zero-order valence-corrected chi connectivity index (χ0v) is 8.59. The summed E-state index contributed by atoms with van der Waals surface area (Å²) in [4.78, 5) is 0. The smallest absolute Gasteiger partial charge is 0.225 e. The maximum Gasteiger partial charge on any atom is 0.225 e. The highest BCUT2D eigenvalue weighted by molar-refractivity contribution is 7.89. The molecule has 0 fully saturated rings. The molecule has 14 heavy (non-hydrogen) atoms. The molecule has 0 aromatic carbocycles. The molecule has 0 amide bonds. The van der Waals surface area contributed by atoms with Gasteiger partial charge in [0.2, 0.25) is 10.0 Å². The average molecular weight is 222 g/mol. The zero-order chi connectivity index (χ0) is 10.9. The third-order valence-corrected chi connectivity index (χ3v) is 2.43. The third-order valence-electron chi connectivity index (χ3n) is 1.28. The molecule has 0 rings (SSSR count). The number of nitrogens with zero attached hydrogens (tertiary/aromatic N) is 1. The molecule has 2 N–H and O–H groups in total. The maximum atomic E-state index is 10.9. The summed E-state index contributed by atoms with van der Waals surface area (Å²) in [6, 6.07) is 1.55. The molecule has 0 spiro atoms. The monoisotopic (exact) mass is 222 g/mol. The molecule has 0 saturated carbocycles. The van der Waals surface area contributed by atoms with Crippen LogP contribution in [0, 0.1) is 11.3 Å². The van der Waals surface area contributed by atoms with Gasteiger partial charge in [-0.25, -0.2) is 13.1 Å². The molecule has 0 bridgehead atoms. The molecule has 0 radical (unpaired) electrons. The highest BCUT2D eigenvalue weighted by atomic mass is 32.2. The summed E-state index contributed by atoms with van der Waals surface area (Å²) in [5.41, 5.74) is 0. The van der Waals surface area contributed by atoms with Crippen LogP contribution in [0.25, 0.3) is 0 Å². The van der Waals surface area contributed by atoms with Crippen LogP contribution < -0.4 is 4.72 Å². The van der Waals surface area contributed by atoms with Crippen LogP contribution in [-0.4, -0.2) is 45.6 Å². The summed E-state index contributed by atoms with van der Waals surface area (Å²) in [6.45, 7) is 0.843. The largest absolute Gasteiger partial charge is 0.394 e. The third kappa shape index (κ3) is 7.94. The molecule has 0 aliphatic rings. The quantitative estimate of drug-likeness (QED) is 0.504. The SMILES string of the molecule is N#CCS(=O)(=O)NCCCOCCO. The number of rotatable bonds is 8. The topological polar surface area (TPSA) is 99.4 Å². The molecular formula is C7H14N2O4S. The number of hydrogen-bond acceptors (Lipinski definition) is 5. The van der Waals surface area contributed by atoms with Crippen molar-refractivity contribution in [2.24, 2.45) is 0 Å². The molecule has 0 aliphatic carbocycles. The lowest BCUT2D eigenvalue weighted by atomic mass is 10.5. The van der Waals surface area contributed by atoms with Crippen molar-refractivity contribution >= 4 is 10.0 Å². The summed E-state index contributed by atoms with van der Waals surface area (Å²) < 4.78 is 29.0. The van der Waals surface area contributed by atoms with Crippen LogP contribution in [-0.2, 0) is 14.8 Å². The fourth-order valence-corrected chi connectivity index (χ4v) is 1.43. The lowest BCUT2D eigenvalue weighted by Crippen LogP contribution is -2.27. The normalized spacial score (nSPS) is 11.1. The Labute approximate surface area is 83.5 Å². The van der Waals surface area contributed by atoms with E-state index in [0.29, 0.717) is 13.0 Å². The first-order chi connectivity index (χ1) is 6.62. The average Bonchev–Trinajstić information content (AvgIpc) is 2.11. The van der Waals surface area contributed by atoms with Gasteiger partial charge < -0.3 is 9.84 Å². The van der Waals surface area contributed by atoms with Crippen LogP contribution in [0.4, 0.5) is 0 Å². The Morgan fingerprint density at radius 3 is 2.71 bits per heavy atom. The summed E-state index contributed by atoms with van der Waals surface area (Å²) in [7, 11) is -3.44. The lowest BCUT2D eigenvalue weighted by Gasteiger charge is -2.03. The fraction of sp³-hybridized carbons (Fsp3) is 0.857. The zero-order valence-electron chi connectivity index (χ0n) is 7.77. The molecule has 0 heterocycles. The molecule has 0 unspecified atom stereocenters. The fourth-order valence-electron chi connectivity index (χ4n) is 0.705.